The smallest absolute Gasteiger partial charge is 0.354 e. The standard InChI is InChI=1S/C23H20F6N4O2S/c1-15-12-20(31-21(30-15)16-4-2-5-17(13-16)22(24,25)26)32-8-10-33(11-9-32)36(34,35)19-7-3-6-18(14-19)23(27,28)29/h2-7,12-14H,8-11H2,1H3. The van der Waals surface area contributed by atoms with Crippen molar-refractivity contribution in [2.45, 2.75) is 24.2 Å². The van der Waals surface area contributed by atoms with E-state index in [1.165, 1.54) is 12.1 Å². The molecule has 0 atom stereocenters. The molecule has 1 saturated heterocycles. The zero-order valence-electron chi connectivity index (χ0n) is 18.8. The Morgan fingerprint density at radius 1 is 0.778 bits per heavy atom. The molecule has 13 heteroatoms. The van der Waals surface area contributed by atoms with Crippen LogP contribution in [0.25, 0.3) is 11.4 Å². The number of alkyl halides is 6. The van der Waals surface area contributed by atoms with Gasteiger partial charge in [0.1, 0.15) is 5.82 Å². The highest BCUT2D eigenvalue weighted by Crippen LogP contribution is 2.33. The van der Waals surface area contributed by atoms with Crippen molar-refractivity contribution in [2.75, 3.05) is 31.1 Å². The molecule has 192 valence electrons. The van der Waals surface area contributed by atoms with Crippen LogP contribution in [0.2, 0.25) is 0 Å². The SMILES string of the molecule is Cc1cc(N2CCN(S(=O)(=O)c3cccc(C(F)(F)F)c3)CC2)nc(-c2cccc(C(F)(F)F)c2)n1. The number of halogens is 6. The zero-order valence-corrected chi connectivity index (χ0v) is 19.6. The molecule has 0 N–H and O–H groups in total. The van der Waals surface area contributed by atoms with Crippen LogP contribution in [0.15, 0.2) is 59.5 Å². The van der Waals surface area contributed by atoms with Crippen LogP contribution < -0.4 is 4.90 Å². The van der Waals surface area contributed by atoms with Gasteiger partial charge in [-0.15, -0.1) is 0 Å². The summed E-state index contributed by atoms with van der Waals surface area (Å²) in [5.41, 5.74) is -1.20. The van der Waals surface area contributed by atoms with E-state index in [0.29, 0.717) is 17.6 Å². The number of benzene rings is 2. The number of hydrogen-bond donors (Lipinski definition) is 0. The summed E-state index contributed by atoms with van der Waals surface area (Å²) < 4.78 is 105. The number of hydrogen-bond acceptors (Lipinski definition) is 5. The number of nitrogens with zero attached hydrogens (tertiary/aromatic N) is 4. The molecule has 3 aromatic rings. The number of rotatable bonds is 4. The lowest BCUT2D eigenvalue weighted by molar-refractivity contribution is -0.138. The highest BCUT2D eigenvalue weighted by Gasteiger charge is 2.34. The van der Waals surface area contributed by atoms with E-state index in [-0.39, 0.29) is 37.6 Å². The van der Waals surface area contributed by atoms with E-state index >= 15 is 0 Å². The van der Waals surface area contributed by atoms with E-state index in [9.17, 15) is 34.8 Å². The van der Waals surface area contributed by atoms with Gasteiger partial charge in [-0.3, -0.25) is 0 Å². The second-order valence-electron chi connectivity index (χ2n) is 8.19. The van der Waals surface area contributed by atoms with E-state index < -0.39 is 38.4 Å². The van der Waals surface area contributed by atoms with Crippen LogP contribution >= 0.6 is 0 Å². The molecular formula is C23H20F6N4O2S. The van der Waals surface area contributed by atoms with Gasteiger partial charge in [-0.1, -0.05) is 18.2 Å². The van der Waals surface area contributed by atoms with Crippen molar-refractivity contribution < 1.29 is 34.8 Å². The molecule has 1 aliphatic heterocycles. The molecule has 0 aliphatic carbocycles. The summed E-state index contributed by atoms with van der Waals surface area (Å²) >= 11 is 0. The lowest BCUT2D eigenvalue weighted by Gasteiger charge is -2.35. The summed E-state index contributed by atoms with van der Waals surface area (Å²) in [4.78, 5) is 9.94. The normalized spacial score (nSPS) is 15.8. The van der Waals surface area contributed by atoms with Gasteiger partial charge in [-0.2, -0.15) is 30.6 Å². The fraction of sp³-hybridized carbons (Fsp3) is 0.304. The molecule has 0 saturated carbocycles. The van der Waals surface area contributed by atoms with Crippen LogP contribution in [0.1, 0.15) is 16.8 Å². The molecule has 0 amide bonds. The third kappa shape index (κ3) is 5.46. The summed E-state index contributed by atoms with van der Waals surface area (Å²) in [6.45, 7) is 1.99. The Labute approximate surface area is 203 Å². The van der Waals surface area contributed by atoms with Gasteiger partial charge in [0.15, 0.2) is 5.82 Å². The second kappa shape index (κ2) is 9.36. The molecule has 0 unspecified atom stereocenters. The van der Waals surface area contributed by atoms with Crippen LogP contribution in [-0.2, 0) is 22.4 Å². The summed E-state index contributed by atoms with van der Waals surface area (Å²) in [5.74, 6) is 0.501. The van der Waals surface area contributed by atoms with E-state index in [1.54, 1.807) is 17.9 Å². The predicted molar refractivity (Wildman–Crippen MR) is 120 cm³/mol. The third-order valence-corrected chi connectivity index (χ3v) is 7.55. The maximum Gasteiger partial charge on any atom is 0.416 e. The fourth-order valence-corrected chi connectivity index (χ4v) is 5.29. The summed E-state index contributed by atoms with van der Waals surface area (Å²) in [5, 5.41) is 0. The third-order valence-electron chi connectivity index (χ3n) is 5.65. The van der Waals surface area contributed by atoms with Gasteiger partial charge in [-0.25, -0.2) is 18.4 Å². The predicted octanol–water partition coefficient (Wildman–Crippen LogP) is 5.00. The van der Waals surface area contributed by atoms with E-state index in [1.807, 2.05) is 0 Å². The number of piperazine rings is 1. The minimum Gasteiger partial charge on any atom is -0.354 e. The zero-order chi connectivity index (χ0) is 26.3. The monoisotopic (exact) mass is 530 g/mol. The molecule has 0 radical (unpaired) electrons. The summed E-state index contributed by atoms with van der Waals surface area (Å²) in [7, 11) is -4.16. The molecule has 2 heterocycles. The van der Waals surface area contributed by atoms with Gasteiger partial charge in [0, 0.05) is 43.5 Å². The summed E-state index contributed by atoms with van der Waals surface area (Å²) in [6.07, 6.45) is -9.20. The van der Waals surface area contributed by atoms with Crippen LogP contribution in [0.3, 0.4) is 0 Å². The molecule has 1 aliphatic rings. The first-order valence-corrected chi connectivity index (χ1v) is 12.1. The fourth-order valence-electron chi connectivity index (χ4n) is 3.82. The molecule has 1 aromatic heterocycles. The van der Waals surface area contributed by atoms with E-state index in [4.69, 9.17) is 0 Å². The van der Waals surface area contributed by atoms with Crippen molar-refractivity contribution in [3.05, 3.63) is 71.4 Å². The number of aromatic nitrogens is 2. The average molecular weight is 530 g/mol. The van der Waals surface area contributed by atoms with Crippen molar-refractivity contribution in [2.24, 2.45) is 0 Å². The molecule has 0 bridgehead atoms. The molecule has 6 nitrogen and oxygen atoms in total. The molecular weight excluding hydrogens is 510 g/mol. The first kappa shape index (κ1) is 25.9. The van der Waals surface area contributed by atoms with E-state index in [0.717, 1.165) is 34.6 Å². The largest absolute Gasteiger partial charge is 0.416 e. The van der Waals surface area contributed by atoms with Crippen LogP contribution in [-0.4, -0.2) is 48.9 Å². The van der Waals surface area contributed by atoms with Crippen molar-refractivity contribution in [1.82, 2.24) is 14.3 Å². The number of aryl methyl sites for hydroxylation is 1. The van der Waals surface area contributed by atoms with Crippen molar-refractivity contribution in [1.29, 1.82) is 0 Å². The van der Waals surface area contributed by atoms with Gasteiger partial charge in [0.2, 0.25) is 10.0 Å². The number of sulfonamides is 1. The Balaban J connectivity index is 1.54. The minimum atomic E-state index is -4.67. The number of anilines is 1. The molecule has 0 spiro atoms. The van der Waals surface area contributed by atoms with Gasteiger partial charge in [-0.05, 0) is 37.3 Å². The topological polar surface area (TPSA) is 66.4 Å². The van der Waals surface area contributed by atoms with Gasteiger partial charge in [0.05, 0.1) is 16.0 Å². The van der Waals surface area contributed by atoms with E-state index in [2.05, 4.69) is 9.97 Å². The maximum absolute atomic E-state index is 13.1. The maximum atomic E-state index is 13.1. The quantitative estimate of drug-likeness (QED) is 0.445. The van der Waals surface area contributed by atoms with Crippen LogP contribution in [0.5, 0.6) is 0 Å². The van der Waals surface area contributed by atoms with Crippen molar-refractivity contribution in [3.63, 3.8) is 0 Å². The summed E-state index contributed by atoms with van der Waals surface area (Å²) in [6, 6.07) is 9.84. The lowest BCUT2D eigenvalue weighted by atomic mass is 10.1. The molecule has 36 heavy (non-hydrogen) atoms. The first-order valence-electron chi connectivity index (χ1n) is 10.7. The van der Waals surface area contributed by atoms with Gasteiger partial charge < -0.3 is 4.90 Å². The molecule has 4 rings (SSSR count). The van der Waals surface area contributed by atoms with Crippen LogP contribution in [0, 0.1) is 6.92 Å². The Morgan fingerprint density at radius 3 is 1.97 bits per heavy atom. The van der Waals surface area contributed by atoms with Crippen molar-refractivity contribution in [3.8, 4) is 11.4 Å². The lowest BCUT2D eigenvalue weighted by Crippen LogP contribution is -2.49. The van der Waals surface area contributed by atoms with Crippen LogP contribution in [0.4, 0.5) is 32.2 Å². The van der Waals surface area contributed by atoms with Gasteiger partial charge >= 0.3 is 12.4 Å². The van der Waals surface area contributed by atoms with Gasteiger partial charge in [0.25, 0.3) is 0 Å². The van der Waals surface area contributed by atoms with Crippen molar-refractivity contribution >= 4 is 15.8 Å². The Kier molecular flexibility index (Phi) is 6.73. The molecule has 1 fully saturated rings. The Morgan fingerprint density at radius 2 is 1.36 bits per heavy atom. The Hall–Kier alpha value is -3.19. The first-order chi connectivity index (χ1) is 16.7. The highest BCUT2D eigenvalue weighted by molar-refractivity contribution is 7.89. The minimum absolute atomic E-state index is 0.0134. The Bertz CT molecular complexity index is 1370. The highest BCUT2D eigenvalue weighted by atomic mass is 32.2. The average Bonchev–Trinajstić information content (AvgIpc) is 2.83. The molecule has 2 aromatic carbocycles. The second-order valence-corrected chi connectivity index (χ2v) is 10.1.